The van der Waals surface area contributed by atoms with E-state index in [2.05, 4.69) is 11.4 Å². The van der Waals surface area contributed by atoms with E-state index in [1.807, 2.05) is 25.2 Å². The number of aryl methyl sites for hydroxylation is 1. The van der Waals surface area contributed by atoms with Gasteiger partial charge in [0.15, 0.2) is 0 Å². The Hall–Kier alpha value is -1.87. The number of rotatable bonds is 5. The zero-order chi connectivity index (χ0) is 13.7. The summed E-state index contributed by atoms with van der Waals surface area (Å²) in [4.78, 5) is 0. The van der Waals surface area contributed by atoms with Gasteiger partial charge in [-0.05, 0) is 36.7 Å². The lowest BCUT2D eigenvalue weighted by Gasteiger charge is -2.11. The standard InChI is InChI=1S/C16H18FNO/c1-12-7-8-15(9-16(12)17)19-11-14-6-4-3-5-13(14)10-18-2/h3-9,18H,10-11H2,1-2H3. The molecule has 19 heavy (non-hydrogen) atoms. The van der Waals surface area contributed by atoms with Gasteiger partial charge in [0, 0.05) is 12.6 Å². The van der Waals surface area contributed by atoms with Crippen LogP contribution in [0.25, 0.3) is 0 Å². The molecule has 0 aliphatic rings. The van der Waals surface area contributed by atoms with Crippen LogP contribution in [-0.4, -0.2) is 7.05 Å². The maximum atomic E-state index is 13.4. The second-order valence-electron chi connectivity index (χ2n) is 4.50. The van der Waals surface area contributed by atoms with Crippen LogP contribution in [0.3, 0.4) is 0 Å². The molecule has 0 bridgehead atoms. The minimum absolute atomic E-state index is 0.235. The molecular formula is C16H18FNO. The van der Waals surface area contributed by atoms with Gasteiger partial charge in [-0.25, -0.2) is 4.39 Å². The van der Waals surface area contributed by atoms with E-state index in [0.717, 1.165) is 12.1 Å². The first-order valence-corrected chi connectivity index (χ1v) is 6.31. The average molecular weight is 259 g/mol. The largest absolute Gasteiger partial charge is 0.489 e. The first-order valence-electron chi connectivity index (χ1n) is 6.31. The fourth-order valence-corrected chi connectivity index (χ4v) is 1.89. The topological polar surface area (TPSA) is 21.3 Å². The van der Waals surface area contributed by atoms with E-state index < -0.39 is 0 Å². The molecule has 100 valence electrons. The third-order valence-electron chi connectivity index (χ3n) is 3.02. The van der Waals surface area contributed by atoms with E-state index in [9.17, 15) is 4.39 Å². The van der Waals surface area contributed by atoms with Gasteiger partial charge in [0.1, 0.15) is 18.2 Å². The van der Waals surface area contributed by atoms with E-state index >= 15 is 0 Å². The van der Waals surface area contributed by atoms with Crippen molar-refractivity contribution in [2.45, 2.75) is 20.1 Å². The summed E-state index contributed by atoms with van der Waals surface area (Å²) in [5.74, 6) is 0.323. The van der Waals surface area contributed by atoms with Crippen molar-refractivity contribution < 1.29 is 9.13 Å². The van der Waals surface area contributed by atoms with Gasteiger partial charge in [0.05, 0.1) is 0 Å². The lowest BCUT2D eigenvalue weighted by molar-refractivity contribution is 0.303. The highest BCUT2D eigenvalue weighted by atomic mass is 19.1. The predicted octanol–water partition coefficient (Wildman–Crippen LogP) is 3.43. The Balaban J connectivity index is 2.07. The molecule has 2 rings (SSSR count). The molecule has 0 atom stereocenters. The molecule has 0 saturated heterocycles. The van der Waals surface area contributed by atoms with Crippen LogP contribution in [0.15, 0.2) is 42.5 Å². The lowest BCUT2D eigenvalue weighted by atomic mass is 10.1. The molecule has 0 unspecified atom stereocenters. The Labute approximate surface area is 113 Å². The second kappa shape index (κ2) is 6.34. The molecule has 0 aromatic heterocycles. The van der Waals surface area contributed by atoms with E-state index in [0.29, 0.717) is 17.9 Å². The van der Waals surface area contributed by atoms with Crippen LogP contribution in [0.4, 0.5) is 4.39 Å². The van der Waals surface area contributed by atoms with Crippen molar-refractivity contribution in [1.29, 1.82) is 0 Å². The zero-order valence-corrected chi connectivity index (χ0v) is 11.2. The second-order valence-corrected chi connectivity index (χ2v) is 4.50. The summed E-state index contributed by atoms with van der Waals surface area (Å²) in [6, 6.07) is 13.0. The fourth-order valence-electron chi connectivity index (χ4n) is 1.89. The first kappa shape index (κ1) is 13.6. The van der Waals surface area contributed by atoms with Crippen molar-refractivity contribution in [2.24, 2.45) is 0 Å². The molecule has 0 radical (unpaired) electrons. The van der Waals surface area contributed by atoms with E-state index in [1.54, 1.807) is 19.1 Å². The molecule has 0 spiro atoms. The van der Waals surface area contributed by atoms with Gasteiger partial charge < -0.3 is 10.1 Å². The number of halogens is 1. The maximum absolute atomic E-state index is 13.4. The van der Waals surface area contributed by atoms with Gasteiger partial charge in [-0.3, -0.25) is 0 Å². The molecule has 1 N–H and O–H groups in total. The van der Waals surface area contributed by atoms with Gasteiger partial charge >= 0.3 is 0 Å². The molecule has 0 aliphatic carbocycles. The lowest BCUT2D eigenvalue weighted by Crippen LogP contribution is -2.09. The van der Waals surface area contributed by atoms with Crippen molar-refractivity contribution in [1.82, 2.24) is 5.32 Å². The van der Waals surface area contributed by atoms with Gasteiger partial charge in [0.25, 0.3) is 0 Å². The van der Waals surface area contributed by atoms with Gasteiger partial charge in [0.2, 0.25) is 0 Å². The minimum atomic E-state index is -0.235. The molecule has 2 aromatic carbocycles. The molecule has 0 fully saturated rings. The zero-order valence-electron chi connectivity index (χ0n) is 11.2. The highest BCUT2D eigenvalue weighted by Crippen LogP contribution is 2.18. The summed E-state index contributed by atoms with van der Waals surface area (Å²) in [5.41, 5.74) is 2.93. The summed E-state index contributed by atoms with van der Waals surface area (Å²) >= 11 is 0. The smallest absolute Gasteiger partial charge is 0.129 e. The van der Waals surface area contributed by atoms with E-state index in [1.165, 1.54) is 11.6 Å². The quantitative estimate of drug-likeness (QED) is 0.888. The Morgan fingerprint density at radius 3 is 2.53 bits per heavy atom. The summed E-state index contributed by atoms with van der Waals surface area (Å²) < 4.78 is 19.1. The molecule has 2 aromatic rings. The van der Waals surface area contributed by atoms with Gasteiger partial charge in [-0.1, -0.05) is 30.3 Å². The van der Waals surface area contributed by atoms with Crippen molar-refractivity contribution in [2.75, 3.05) is 7.05 Å². The maximum Gasteiger partial charge on any atom is 0.129 e. The Morgan fingerprint density at radius 1 is 1.11 bits per heavy atom. The monoisotopic (exact) mass is 259 g/mol. The summed E-state index contributed by atoms with van der Waals surface area (Å²) in [5, 5.41) is 3.12. The Bertz CT molecular complexity index is 554. The number of hydrogen-bond acceptors (Lipinski definition) is 2. The summed E-state index contributed by atoms with van der Waals surface area (Å²) in [7, 11) is 1.91. The van der Waals surface area contributed by atoms with E-state index in [4.69, 9.17) is 4.74 Å². The molecule has 0 aliphatic heterocycles. The van der Waals surface area contributed by atoms with Crippen molar-refractivity contribution in [3.8, 4) is 5.75 Å². The Morgan fingerprint density at radius 2 is 1.84 bits per heavy atom. The molecule has 0 heterocycles. The Kier molecular flexibility index (Phi) is 4.53. The average Bonchev–Trinajstić information content (AvgIpc) is 2.42. The highest BCUT2D eigenvalue weighted by molar-refractivity contribution is 5.30. The van der Waals surface area contributed by atoms with Crippen LogP contribution < -0.4 is 10.1 Å². The summed E-state index contributed by atoms with van der Waals surface area (Å²) in [6.45, 7) is 2.98. The first-order chi connectivity index (χ1) is 9.20. The van der Waals surface area contributed by atoms with Gasteiger partial charge in [-0.2, -0.15) is 0 Å². The third-order valence-corrected chi connectivity index (χ3v) is 3.02. The third kappa shape index (κ3) is 3.55. The van der Waals surface area contributed by atoms with Crippen LogP contribution in [0.2, 0.25) is 0 Å². The SMILES string of the molecule is CNCc1ccccc1COc1ccc(C)c(F)c1. The van der Waals surface area contributed by atoms with Gasteiger partial charge in [-0.15, -0.1) is 0 Å². The minimum Gasteiger partial charge on any atom is -0.489 e. The predicted molar refractivity (Wildman–Crippen MR) is 74.7 cm³/mol. The number of nitrogens with one attached hydrogen (secondary N) is 1. The van der Waals surface area contributed by atoms with Crippen molar-refractivity contribution >= 4 is 0 Å². The molecule has 2 nitrogen and oxygen atoms in total. The molecule has 0 amide bonds. The number of benzene rings is 2. The summed E-state index contributed by atoms with van der Waals surface area (Å²) in [6.07, 6.45) is 0. The van der Waals surface area contributed by atoms with Crippen molar-refractivity contribution in [3.63, 3.8) is 0 Å². The molecule has 3 heteroatoms. The highest BCUT2D eigenvalue weighted by Gasteiger charge is 2.04. The number of hydrogen-bond donors (Lipinski definition) is 1. The van der Waals surface area contributed by atoms with Crippen LogP contribution in [0.1, 0.15) is 16.7 Å². The van der Waals surface area contributed by atoms with Crippen LogP contribution in [0.5, 0.6) is 5.75 Å². The molecule has 0 saturated carbocycles. The van der Waals surface area contributed by atoms with Crippen molar-refractivity contribution in [3.05, 3.63) is 65.0 Å². The molecular weight excluding hydrogens is 241 g/mol. The van der Waals surface area contributed by atoms with Crippen LogP contribution in [-0.2, 0) is 13.2 Å². The normalized spacial score (nSPS) is 10.5. The van der Waals surface area contributed by atoms with E-state index in [-0.39, 0.29) is 5.82 Å². The fraction of sp³-hybridized carbons (Fsp3) is 0.250. The van der Waals surface area contributed by atoms with Crippen LogP contribution in [0, 0.1) is 12.7 Å². The van der Waals surface area contributed by atoms with Crippen LogP contribution >= 0.6 is 0 Å². The number of ether oxygens (including phenoxy) is 1.